The summed E-state index contributed by atoms with van der Waals surface area (Å²) in [6, 6.07) is 4.79. The first-order valence-electron chi connectivity index (χ1n) is 5.31. The lowest BCUT2D eigenvalue weighted by Gasteiger charge is -2.22. The molecule has 0 heterocycles. The minimum atomic E-state index is -0.601. The Hall–Kier alpha value is -0.280. The van der Waals surface area contributed by atoms with Gasteiger partial charge < -0.3 is 10.8 Å². The van der Waals surface area contributed by atoms with Crippen molar-refractivity contribution in [3.05, 3.63) is 33.8 Å². The molecule has 0 saturated heterocycles. The molecule has 0 spiro atoms. The Bertz CT molecular complexity index is 355. The van der Waals surface area contributed by atoms with E-state index in [0.29, 0.717) is 27.9 Å². The van der Waals surface area contributed by atoms with Crippen molar-refractivity contribution < 1.29 is 5.11 Å². The van der Waals surface area contributed by atoms with Crippen molar-refractivity contribution in [3.8, 4) is 0 Å². The van der Waals surface area contributed by atoms with Crippen molar-refractivity contribution >= 4 is 23.2 Å². The van der Waals surface area contributed by atoms with Gasteiger partial charge in [-0.25, -0.2) is 0 Å². The van der Waals surface area contributed by atoms with Gasteiger partial charge in [0.1, 0.15) is 0 Å². The second-order valence-electron chi connectivity index (χ2n) is 4.37. The second kappa shape index (κ2) is 5.87. The molecule has 0 aliphatic rings. The van der Waals surface area contributed by atoms with Crippen LogP contribution < -0.4 is 5.73 Å². The fourth-order valence-electron chi connectivity index (χ4n) is 1.61. The summed E-state index contributed by atoms with van der Waals surface area (Å²) in [5, 5.41) is 10.8. The van der Waals surface area contributed by atoms with Gasteiger partial charge in [0.25, 0.3) is 0 Å². The summed E-state index contributed by atoms with van der Waals surface area (Å²) in [7, 11) is 0. The van der Waals surface area contributed by atoms with Gasteiger partial charge in [0.2, 0.25) is 0 Å². The summed E-state index contributed by atoms with van der Waals surface area (Å²) in [6.45, 7) is 4.07. The highest BCUT2D eigenvalue weighted by Gasteiger charge is 2.20. The summed E-state index contributed by atoms with van der Waals surface area (Å²) < 4.78 is 0. The maximum absolute atomic E-state index is 9.93. The van der Waals surface area contributed by atoms with Gasteiger partial charge in [-0.1, -0.05) is 49.2 Å². The third kappa shape index (κ3) is 3.36. The van der Waals surface area contributed by atoms with Gasteiger partial charge in [-0.15, -0.1) is 0 Å². The SMILES string of the molecule is CC(C)C[C@@H](O)[C@@H](N)c1cccc(Cl)c1Cl. The van der Waals surface area contributed by atoms with Crippen LogP contribution in [0.15, 0.2) is 18.2 Å². The Morgan fingerprint density at radius 1 is 1.31 bits per heavy atom. The lowest BCUT2D eigenvalue weighted by Crippen LogP contribution is -2.27. The molecular weight excluding hydrogens is 245 g/mol. The zero-order valence-corrected chi connectivity index (χ0v) is 11.0. The van der Waals surface area contributed by atoms with Crippen LogP contribution in [-0.4, -0.2) is 11.2 Å². The minimum Gasteiger partial charge on any atom is -0.391 e. The normalized spacial score (nSPS) is 15.2. The Morgan fingerprint density at radius 3 is 2.50 bits per heavy atom. The number of rotatable bonds is 4. The Balaban J connectivity index is 2.87. The van der Waals surface area contributed by atoms with E-state index < -0.39 is 12.1 Å². The van der Waals surface area contributed by atoms with Gasteiger partial charge >= 0.3 is 0 Å². The standard InChI is InChI=1S/C12H17Cl2NO/c1-7(2)6-10(16)12(15)8-4-3-5-9(13)11(8)14/h3-5,7,10,12,16H,6,15H2,1-2H3/t10-,12+/m1/s1. The molecule has 4 heteroatoms. The van der Waals surface area contributed by atoms with Crippen LogP contribution in [0.2, 0.25) is 10.0 Å². The molecular formula is C12H17Cl2NO. The van der Waals surface area contributed by atoms with Gasteiger partial charge in [-0.3, -0.25) is 0 Å². The molecule has 2 atom stereocenters. The predicted octanol–water partition coefficient (Wildman–Crippen LogP) is 3.40. The molecule has 0 aliphatic heterocycles. The van der Waals surface area contributed by atoms with E-state index >= 15 is 0 Å². The highest BCUT2D eigenvalue weighted by Crippen LogP contribution is 2.31. The van der Waals surface area contributed by atoms with E-state index in [2.05, 4.69) is 0 Å². The zero-order chi connectivity index (χ0) is 12.3. The molecule has 0 aromatic heterocycles. The molecule has 90 valence electrons. The molecule has 0 radical (unpaired) electrons. The van der Waals surface area contributed by atoms with Crippen LogP contribution in [-0.2, 0) is 0 Å². The van der Waals surface area contributed by atoms with E-state index in [4.69, 9.17) is 28.9 Å². The molecule has 0 fully saturated rings. The largest absolute Gasteiger partial charge is 0.391 e. The van der Waals surface area contributed by atoms with Gasteiger partial charge in [0.05, 0.1) is 22.2 Å². The molecule has 0 unspecified atom stereocenters. The predicted molar refractivity (Wildman–Crippen MR) is 68.9 cm³/mol. The number of nitrogens with two attached hydrogens (primary N) is 1. The van der Waals surface area contributed by atoms with E-state index in [0.717, 1.165) is 0 Å². The van der Waals surface area contributed by atoms with Gasteiger partial charge in [0, 0.05) is 0 Å². The molecule has 0 saturated carbocycles. The van der Waals surface area contributed by atoms with E-state index in [-0.39, 0.29) is 0 Å². The number of hydrogen-bond donors (Lipinski definition) is 2. The second-order valence-corrected chi connectivity index (χ2v) is 5.15. The number of aliphatic hydroxyl groups is 1. The third-order valence-corrected chi connectivity index (χ3v) is 3.30. The van der Waals surface area contributed by atoms with Crippen molar-refractivity contribution in [1.82, 2.24) is 0 Å². The lowest BCUT2D eigenvalue weighted by molar-refractivity contribution is 0.121. The Morgan fingerprint density at radius 2 is 1.94 bits per heavy atom. The van der Waals surface area contributed by atoms with Crippen LogP contribution in [0.4, 0.5) is 0 Å². The van der Waals surface area contributed by atoms with Crippen molar-refractivity contribution in [2.45, 2.75) is 32.4 Å². The first kappa shape index (κ1) is 13.8. The molecule has 0 aliphatic carbocycles. The van der Waals surface area contributed by atoms with Crippen LogP contribution >= 0.6 is 23.2 Å². The fourth-order valence-corrected chi connectivity index (χ4v) is 2.05. The van der Waals surface area contributed by atoms with Crippen LogP contribution in [0.1, 0.15) is 31.9 Å². The highest BCUT2D eigenvalue weighted by atomic mass is 35.5. The third-order valence-electron chi connectivity index (χ3n) is 2.47. The van der Waals surface area contributed by atoms with Crippen molar-refractivity contribution in [1.29, 1.82) is 0 Å². The van der Waals surface area contributed by atoms with Crippen molar-refractivity contribution in [2.24, 2.45) is 11.7 Å². The van der Waals surface area contributed by atoms with Crippen molar-refractivity contribution in [3.63, 3.8) is 0 Å². The van der Waals surface area contributed by atoms with E-state index in [1.807, 2.05) is 13.8 Å². The average molecular weight is 262 g/mol. The quantitative estimate of drug-likeness (QED) is 0.873. The summed E-state index contributed by atoms with van der Waals surface area (Å²) >= 11 is 11.9. The van der Waals surface area contributed by atoms with Crippen molar-refractivity contribution in [2.75, 3.05) is 0 Å². The maximum Gasteiger partial charge on any atom is 0.0735 e. The Labute approximate surface area is 106 Å². The topological polar surface area (TPSA) is 46.2 Å². The first-order chi connectivity index (χ1) is 7.43. The average Bonchev–Trinajstić information content (AvgIpc) is 2.20. The summed E-state index contributed by atoms with van der Waals surface area (Å²) in [6.07, 6.45) is 0.0419. The summed E-state index contributed by atoms with van der Waals surface area (Å²) in [4.78, 5) is 0. The summed E-state index contributed by atoms with van der Waals surface area (Å²) in [5.74, 6) is 0.388. The minimum absolute atomic E-state index is 0.388. The molecule has 16 heavy (non-hydrogen) atoms. The van der Waals surface area contributed by atoms with Gasteiger partial charge in [0.15, 0.2) is 0 Å². The Kier molecular flexibility index (Phi) is 5.06. The summed E-state index contributed by atoms with van der Waals surface area (Å²) in [5.41, 5.74) is 6.66. The molecule has 0 bridgehead atoms. The first-order valence-corrected chi connectivity index (χ1v) is 6.06. The van der Waals surface area contributed by atoms with Crippen LogP contribution in [0.5, 0.6) is 0 Å². The van der Waals surface area contributed by atoms with E-state index in [9.17, 15) is 5.11 Å². The number of hydrogen-bond acceptors (Lipinski definition) is 2. The molecule has 0 amide bonds. The fraction of sp³-hybridized carbons (Fsp3) is 0.500. The maximum atomic E-state index is 9.93. The monoisotopic (exact) mass is 261 g/mol. The number of halogens is 2. The van der Waals surface area contributed by atoms with Gasteiger partial charge in [-0.2, -0.15) is 0 Å². The van der Waals surface area contributed by atoms with Crippen LogP contribution in [0, 0.1) is 5.92 Å². The molecule has 1 aromatic carbocycles. The van der Waals surface area contributed by atoms with Crippen LogP contribution in [0.3, 0.4) is 0 Å². The molecule has 1 aromatic rings. The van der Waals surface area contributed by atoms with E-state index in [1.54, 1.807) is 18.2 Å². The van der Waals surface area contributed by atoms with E-state index in [1.165, 1.54) is 0 Å². The van der Waals surface area contributed by atoms with Crippen LogP contribution in [0.25, 0.3) is 0 Å². The highest BCUT2D eigenvalue weighted by molar-refractivity contribution is 6.42. The molecule has 1 rings (SSSR count). The van der Waals surface area contributed by atoms with Gasteiger partial charge in [-0.05, 0) is 24.0 Å². The molecule has 2 nitrogen and oxygen atoms in total. The smallest absolute Gasteiger partial charge is 0.0735 e. The molecule has 3 N–H and O–H groups in total. The number of aliphatic hydroxyl groups excluding tert-OH is 1. The number of benzene rings is 1. The lowest BCUT2D eigenvalue weighted by atomic mass is 9.95. The zero-order valence-electron chi connectivity index (χ0n) is 9.45.